The quantitative estimate of drug-likeness (QED) is 0.643. The van der Waals surface area contributed by atoms with Gasteiger partial charge in [0, 0.05) is 0 Å². The zero-order valence-corrected chi connectivity index (χ0v) is 7.65. The molecule has 62 valence electrons. The van der Waals surface area contributed by atoms with Crippen molar-refractivity contribution in [3.8, 4) is 0 Å². The Hall–Kier alpha value is -0.0400. The average Bonchev–Trinajstić information content (AvgIpc) is 1.86. The van der Waals surface area contributed by atoms with Gasteiger partial charge in [-0.3, -0.25) is 0 Å². The highest BCUT2D eigenvalue weighted by atomic mass is 16.3. The van der Waals surface area contributed by atoms with Gasteiger partial charge in [0.15, 0.2) is 0 Å². The summed E-state index contributed by atoms with van der Waals surface area (Å²) in [6, 6.07) is 0. The van der Waals surface area contributed by atoms with Crippen LogP contribution in [0, 0.1) is 5.92 Å². The molecular formula is C9H20O. The molecule has 0 aromatic heterocycles. The Bertz CT molecular complexity index is 86.7. The van der Waals surface area contributed by atoms with Crippen LogP contribution >= 0.6 is 0 Å². The zero-order valence-electron chi connectivity index (χ0n) is 7.65. The fourth-order valence-corrected chi connectivity index (χ4v) is 1.19. The summed E-state index contributed by atoms with van der Waals surface area (Å²) >= 11 is 0. The van der Waals surface area contributed by atoms with E-state index in [1.807, 2.05) is 6.92 Å². The average molecular weight is 144 g/mol. The van der Waals surface area contributed by atoms with E-state index >= 15 is 0 Å². The molecule has 0 spiro atoms. The third kappa shape index (κ3) is 2.70. The van der Waals surface area contributed by atoms with Gasteiger partial charge in [-0.05, 0) is 19.3 Å². The molecule has 0 aliphatic carbocycles. The summed E-state index contributed by atoms with van der Waals surface area (Å²) in [6.45, 7) is 8.27. The Labute approximate surface area is 64.5 Å². The van der Waals surface area contributed by atoms with Crippen molar-refractivity contribution in [1.82, 2.24) is 0 Å². The van der Waals surface area contributed by atoms with Crippen LogP contribution in [0.3, 0.4) is 0 Å². The van der Waals surface area contributed by atoms with E-state index in [2.05, 4.69) is 20.8 Å². The Morgan fingerprint density at radius 1 is 1.40 bits per heavy atom. The predicted octanol–water partition coefficient (Wildman–Crippen LogP) is 2.58. The molecule has 1 nitrogen and oxygen atoms in total. The van der Waals surface area contributed by atoms with Gasteiger partial charge >= 0.3 is 0 Å². The maximum absolute atomic E-state index is 9.78. The summed E-state index contributed by atoms with van der Waals surface area (Å²) < 4.78 is 0. The van der Waals surface area contributed by atoms with Crippen molar-refractivity contribution >= 4 is 0 Å². The van der Waals surface area contributed by atoms with Crippen LogP contribution in [0.5, 0.6) is 0 Å². The standard InChI is InChI=1S/C9H20O/c1-5-7-9(4,10)8(3)6-2/h8,10H,5-7H2,1-4H3/t8-,9-/m1/s1. The van der Waals surface area contributed by atoms with Gasteiger partial charge in [0.25, 0.3) is 0 Å². The van der Waals surface area contributed by atoms with Crippen molar-refractivity contribution in [2.45, 2.75) is 52.6 Å². The first-order valence-corrected chi connectivity index (χ1v) is 4.27. The van der Waals surface area contributed by atoms with Gasteiger partial charge in [-0.1, -0.05) is 33.6 Å². The van der Waals surface area contributed by atoms with Gasteiger partial charge in [0.1, 0.15) is 0 Å². The van der Waals surface area contributed by atoms with E-state index in [0.29, 0.717) is 5.92 Å². The topological polar surface area (TPSA) is 20.2 Å². The van der Waals surface area contributed by atoms with Crippen LogP contribution in [0.4, 0.5) is 0 Å². The third-order valence-electron chi connectivity index (χ3n) is 2.43. The molecule has 0 fully saturated rings. The molecule has 0 radical (unpaired) electrons. The second kappa shape index (κ2) is 3.97. The van der Waals surface area contributed by atoms with Gasteiger partial charge < -0.3 is 5.11 Å². The normalized spacial score (nSPS) is 20.1. The van der Waals surface area contributed by atoms with Crippen LogP contribution in [0.2, 0.25) is 0 Å². The van der Waals surface area contributed by atoms with Crippen molar-refractivity contribution in [2.24, 2.45) is 5.92 Å². The number of hydrogen-bond acceptors (Lipinski definition) is 1. The van der Waals surface area contributed by atoms with Crippen molar-refractivity contribution in [2.75, 3.05) is 0 Å². The number of rotatable bonds is 4. The van der Waals surface area contributed by atoms with E-state index in [4.69, 9.17) is 0 Å². The maximum atomic E-state index is 9.78. The first kappa shape index (κ1) is 9.96. The number of aliphatic hydroxyl groups is 1. The third-order valence-corrected chi connectivity index (χ3v) is 2.43. The lowest BCUT2D eigenvalue weighted by atomic mass is 9.85. The highest BCUT2D eigenvalue weighted by Crippen LogP contribution is 2.24. The summed E-state index contributed by atoms with van der Waals surface area (Å²) in [5.74, 6) is 0.424. The van der Waals surface area contributed by atoms with Gasteiger partial charge in [-0.25, -0.2) is 0 Å². The molecule has 0 unspecified atom stereocenters. The molecule has 0 saturated heterocycles. The van der Waals surface area contributed by atoms with E-state index in [1.165, 1.54) is 0 Å². The largest absolute Gasteiger partial charge is 0.390 e. The molecule has 0 amide bonds. The molecule has 0 heterocycles. The minimum absolute atomic E-state index is 0.424. The zero-order chi connectivity index (χ0) is 8.20. The minimum atomic E-state index is -0.441. The molecular weight excluding hydrogens is 124 g/mol. The van der Waals surface area contributed by atoms with Gasteiger partial charge in [-0.2, -0.15) is 0 Å². The highest BCUT2D eigenvalue weighted by molar-refractivity contribution is 4.77. The molecule has 0 bridgehead atoms. The van der Waals surface area contributed by atoms with E-state index in [9.17, 15) is 5.11 Å². The summed E-state index contributed by atoms with van der Waals surface area (Å²) in [5.41, 5.74) is -0.441. The lowest BCUT2D eigenvalue weighted by molar-refractivity contribution is -0.00371. The SMILES string of the molecule is CCC[C@@](C)(O)[C@H](C)CC. The molecule has 0 aromatic carbocycles. The summed E-state index contributed by atoms with van der Waals surface area (Å²) in [5, 5.41) is 9.78. The van der Waals surface area contributed by atoms with Gasteiger partial charge in [0.05, 0.1) is 5.60 Å². The molecule has 0 rings (SSSR count). The monoisotopic (exact) mass is 144 g/mol. The highest BCUT2D eigenvalue weighted by Gasteiger charge is 2.25. The van der Waals surface area contributed by atoms with Crippen molar-refractivity contribution in [3.63, 3.8) is 0 Å². The van der Waals surface area contributed by atoms with Crippen molar-refractivity contribution < 1.29 is 5.11 Å². The van der Waals surface area contributed by atoms with Crippen LogP contribution in [-0.2, 0) is 0 Å². The van der Waals surface area contributed by atoms with Gasteiger partial charge in [0.2, 0.25) is 0 Å². The smallest absolute Gasteiger partial charge is 0.0645 e. The number of hydrogen-bond donors (Lipinski definition) is 1. The van der Waals surface area contributed by atoms with Gasteiger partial charge in [-0.15, -0.1) is 0 Å². The molecule has 2 atom stereocenters. The van der Waals surface area contributed by atoms with Crippen molar-refractivity contribution in [1.29, 1.82) is 0 Å². The minimum Gasteiger partial charge on any atom is -0.390 e. The molecule has 0 aliphatic rings. The lowest BCUT2D eigenvalue weighted by Gasteiger charge is -2.29. The molecule has 0 saturated carbocycles. The second-order valence-corrected chi connectivity index (χ2v) is 3.42. The van der Waals surface area contributed by atoms with Crippen LogP contribution in [0.1, 0.15) is 47.0 Å². The molecule has 1 heteroatoms. The summed E-state index contributed by atoms with van der Waals surface area (Å²) in [7, 11) is 0. The molecule has 0 aromatic rings. The van der Waals surface area contributed by atoms with E-state index in [1.54, 1.807) is 0 Å². The first-order chi connectivity index (χ1) is 4.54. The fourth-order valence-electron chi connectivity index (χ4n) is 1.19. The van der Waals surface area contributed by atoms with E-state index < -0.39 is 5.60 Å². The lowest BCUT2D eigenvalue weighted by Crippen LogP contribution is -2.31. The second-order valence-electron chi connectivity index (χ2n) is 3.42. The Morgan fingerprint density at radius 3 is 2.20 bits per heavy atom. The predicted molar refractivity (Wildman–Crippen MR) is 45.0 cm³/mol. The maximum Gasteiger partial charge on any atom is 0.0645 e. The molecule has 1 N–H and O–H groups in total. The Kier molecular flexibility index (Phi) is 3.95. The molecule has 10 heavy (non-hydrogen) atoms. The Balaban J connectivity index is 3.82. The van der Waals surface area contributed by atoms with Crippen molar-refractivity contribution in [3.05, 3.63) is 0 Å². The Morgan fingerprint density at radius 2 is 1.90 bits per heavy atom. The summed E-state index contributed by atoms with van der Waals surface area (Å²) in [4.78, 5) is 0. The van der Waals surface area contributed by atoms with Crippen LogP contribution in [-0.4, -0.2) is 10.7 Å². The van der Waals surface area contributed by atoms with E-state index in [-0.39, 0.29) is 0 Å². The van der Waals surface area contributed by atoms with Crippen LogP contribution < -0.4 is 0 Å². The van der Waals surface area contributed by atoms with Crippen LogP contribution in [0.15, 0.2) is 0 Å². The molecule has 0 aliphatic heterocycles. The van der Waals surface area contributed by atoms with Crippen LogP contribution in [0.25, 0.3) is 0 Å². The van der Waals surface area contributed by atoms with E-state index in [0.717, 1.165) is 19.3 Å². The fraction of sp³-hybridized carbons (Fsp3) is 1.00. The summed E-state index contributed by atoms with van der Waals surface area (Å²) in [6.07, 6.45) is 3.05. The first-order valence-electron chi connectivity index (χ1n) is 4.27.